The number of benzene rings is 1. The molecule has 0 aliphatic carbocycles. The second-order valence-electron chi connectivity index (χ2n) is 6.83. The van der Waals surface area contributed by atoms with Crippen molar-refractivity contribution in [3.63, 3.8) is 0 Å². The molecule has 2 aromatic rings. The van der Waals surface area contributed by atoms with E-state index in [1.807, 2.05) is 42.6 Å². The van der Waals surface area contributed by atoms with Crippen molar-refractivity contribution >= 4 is 5.82 Å². The lowest BCUT2D eigenvalue weighted by Gasteiger charge is -2.36. The molecule has 7 heteroatoms. The maximum absolute atomic E-state index is 10.3. The Bertz CT molecular complexity index is 735. The SMILES string of the molecule is OC(COCc1ccc2c(c1)OCO2)CN1CCN(c2ccccn2)CC1. The van der Waals surface area contributed by atoms with Gasteiger partial charge in [-0.05, 0) is 29.8 Å². The van der Waals surface area contributed by atoms with Crippen LogP contribution in [0.2, 0.25) is 0 Å². The molecule has 3 heterocycles. The first kappa shape index (κ1) is 18.0. The smallest absolute Gasteiger partial charge is 0.231 e. The number of fused-ring (bicyclic) bond motifs is 1. The number of hydrogen-bond acceptors (Lipinski definition) is 7. The van der Waals surface area contributed by atoms with Gasteiger partial charge in [0, 0.05) is 38.9 Å². The number of hydrogen-bond donors (Lipinski definition) is 1. The third kappa shape index (κ3) is 4.68. The summed E-state index contributed by atoms with van der Waals surface area (Å²) < 4.78 is 16.3. The average Bonchev–Trinajstić information content (AvgIpc) is 3.17. The fourth-order valence-corrected chi connectivity index (χ4v) is 3.39. The van der Waals surface area contributed by atoms with E-state index in [-0.39, 0.29) is 6.79 Å². The quantitative estimate of drug-likeness (QED) is 0.791. The molecule has 144 valence electrons. The van der Waals surface area contributed by atoms with E-state index in [2.05, 4.69) is 14.8 Å². The number of nitrogens with zero attached hydrogens (tertiary/aromatic N) is 3. The highest BCUT2D eigenvalue weighted by Crippen LogP contribution is 2.32. The van der Waals surface area contributed by atoms with Crippen molar-refractivity contribution in [3.05, 3.63) is 48.2 Å². The number of β-amino-alcohol motifs (C(OH)–C–C–N with tert-alkyl or cyclic N) is 1. The van der Waals surface area contributed by atoms with Crippen molar-refractivity contribution in [2.75, 3.05) is 51.0 Å². The van der Waals surface area contributed by atoms with Crippen LogP contribution in [0.5, 0.6) is 11.5 Å². The van der Waals surface area contributed by atoms with E-state index in [1.54, 1.807) is 0 Å². The van der Waals surface area contributed by atoms with Crippen LogP contribution in [-0.2, 0) is 11.3 Å². The van der Waals surface area contributed by atoms with E-state index in [0.717, 1.165) is 49.1 Å². The monoisotopic (exact) mass is 371 g/mol. The van der Waals surface area contributed by atoms with Gasteiger partial charge < -0.3 is 24.2 Å². The molecule has 2 aliphatic rings. The highest BCUT2D eigenvalue weighted by atomic mass is 16.7. The van der Waals surface area contributed by atoms with Gasteiger partial charge in [0.15, 0.2) is 11.5 Å². The van der Waals surface area contributed by atoms with Crippen LogP contribution in [0.15, 0.2) is 42.6 Å². The number of aliphatic hydroxyl groups is 1. The number of pyridine rings is 1. The van der Waals surface area contributed by atoms with Crippen LogP contribution < -0.4 is 14.4 Å². The van der Waals surface area contributed by atoms with E-state index >= 15 is 0 Å². The Morgan fingerprint density at radius 1 is 1.07 bits per heavy atom. The Kier molecular flexibility index (Phi) is 5.72. The standard InChI is InChI=1S/C20H25N3O4/c24-17(14-25-13-16-4-5-18-19(11-16)27-15-26-18)12-22-7-9-23(10-8-22)20-3-1-2-6-21-20/h1-6,11,17,24H,7-10,12-15H2. The number of aliphatic hydroxyl groups excluding tert-OH is 1. The average molecular weight is 371 g/mol. The molecular formula is C20H25N3O4. The van der Waals surface area contributed by atoms with Gasteiger partial charge in [-0.15, -0.1) is 0 Å². The van der Waals surface area contributed by atoms with Crippen molar-refractivity contribution in [1.29, 1.82) is 0 Å². The molecule has 1 unspecified atom stereocenters. The molecule has 27 heavy (non-hydrogen) atoms. The Labute approximate surface area is 159 Å². The van der Waals surface area contributed by atoms with Gasteiger partial charge >= 0.3 is 0 Å². The second-order valence-corrected chi connectivity index (χ2v) is 6.83. The molecule has 1 atom stereocenters. The van der Waals surface area contributed by atoms with Crippen molar-refractivity contribution in [2.24, 2.45) is 0 Å². The Hall–Kier alpha value is -2.35. The molecule has 2 aliphatic heterocycles. The molecule has 1 fully saturated rings. The van der Waals surface area contributed by atoms with E-state index in [9.17, 15) is 5.11 Å². The molecule has 0 saturated carbocycles. The maximum Gasteiger partial charge on any atom is 0.231 e. The topological polar surface area (TPSA) is 67.3 Å². The summed E-state index contributed by atoms with van der Waals surface area (Å²) in [7, 11) is 0. The summed E-state index contributed by atoms with van der Waals surface area (Å²) in [6, 6.07) is 11.7. The fourth-order valence-electron chi connectivity index (χ4n) is 3.39. The predicted octanol–water partition coefficient (Wildman–Crippen LogP) is 1.51. The van der Waals surface area contributed by atoms with Crippen molar-refractivity contribution < 1.29 is 19.3 Å². The second kappa shape index (κ2) is 8.56. The number of aromatic nitrogens is 1. The highest BCUT2D eigenvalue weighted by molar-refractivity contribution is 5.44. The van der Waals surface area contributed by atoms with Gasteiger partial charge in [-0.3, -0.25) is 4.90 Å². The van der Waals surface area contributed by atoms with Crippen LogP contribution in [0.4, 0.5) is 5.82 Å². The number of ether oxygens (including phenoxy) is 3. The molecule has 0 spiro atoms. The Morgan fingerprint density at radius 2 is 1.93 bits per heavy atom. The summed E-state index contributed by atoms with van der Waals surface area (Å²) >= 11 is 0. The third-order valence-corrected chi connectivity index (χ3v) is 4.83. The van der Waals surface area contributed by atoms with Crippen LogP contribution in [0.1, 0.15) is 5.56 Å². The predicted molar refractivity (Wildman–Crippen MR) is 101 cm³/mol. The summed E-state index contributed by atoms with van der Waals surface area (Å²) in [5.74, 6) is 2.54. The van der Waals surface area contributed by atoms with Gasteiger partial charge in [0.2, 0.25) is 6.79 Å². The lowest BCUT2D eigenvalue weighted by Crippen LogP contribution is -2.49. The summed E-state index contributed by atoms with van der Waals surface area (Å²) in [6.45, 7) is 5.31. The van der Waals surface area contributed by atoms with Gasteiger partial charge in [-0.2, -0.15) is 0 Å². The normalized spacial score (nSPS) is 17.9. The minimum absolute atomic E-state index is 0.270. The van der Waals surface area contributed by atoms with Crippen LogP contribution in [-0.4, -0.2) is 67.2 Å². The van der Waals surface area contributed by atoms with Gasteiger partial charge in [-0.1, -0.05) is 12.1 Å². The minimum atomic E-state index is -0.500. The molecule has 7 nitrogen and oxygen atoms in total. The van der Waals surface area contributed by atoms with Crippen LogP contribution >= 0.6 is 0 Å². The van der Waals surface area contributed by atoms with Crippen LogP contribution in [0, 0.1) is 0 Å². The molecule has 1 aromatic heterocycles. The van der Waals surface area contributed by atoms with Crippen LogP contribution in [0.25, 0.3) is 0 Å². The van der Waals surface area contributed by atoms with Gasteiger partial charge in [-0.25, -0.2) is 4.98 Å². The Morgan fingerprint density at radius 3 is 2.74 bits per heavy atom. The lowest BCUT2D eigenvalue weighted by atomic mass is 10.2. The largest absolute Gasteiger partial charge is 0.454 e. The molecule has 1 N–H and O–H groups in total. The number of piperazine rings is 1. The summed E-state index contributed by atoms with van der Waals surface area (Å²) in [5.41, 5.74) is 1.01. The third-order valence-electron chi connectivity index (χ3n) is 4.83. The fraction of sp³-hybridized carbons (Fsp3) is 0.450. The molecule has 4 rings (SSSR count). The van der Waals surface area contributed by atoms with E-state index in [0.29, 0.717) is 19.8 Å². The van der Waals surface area contributed by atoms with Gasteiger partial charge in [0.1, 0.15) is 5.82 Å². The molecule has 1 aromatic carbocycles. The van der Waals surface area contributed by atoms with Gasteiger partial charge in [0.25, 0.3) is 0 Å². The summed E-state index contributed by atoms with van der Waals surface area (Å²) in [6.07, 6.45) is 1.32. The number of rotatable bonds is 7. The zero-order valence-electron chi connectivity index (χ0n) is 15.3. The Balaban J connectivity index is 1.16. The van der Waals surface area contributed by atoms with E-state index < -0.39 is 6.10 Å². The first-order valence-electron chi connectivity index (χ1n) is 9.30. The molecule has 1 saturated heterocycles. The van der Waals surface area contributed by atoms with Crippen molar-refractivity contribution in [2.45, 2.75) is 12.7 Å². The van der Waals surface area contributed by atoms with Crippen LogP contribution in [0.3, 0.4) is 0 Å². The zero-order chi connectivity index (χ0) is 18.5. The van der Waals surface area contributed by atoms with Gasteiger partial charge in [0.05, 0.1) is 19.3 Å². The maximum atomic E-state index is 10.3. The minimum Gasteiger partial charge on any atom is -0.454 e. The summed E-state index contributed by atoms with van der Waals surface area (Å²) in [5, 5.41) is 10.3. The first-order valence-corrected chi connectivity index (χ1v) is 9.30. The first-order chi connectivity index (χ1) is 13.3. The number of anilines is 1. The van der Waals surface area contributed by atoms with E-state index in [1.165, 1.54) is 0 Å². The highest BCUT2D eigenvalue weighted by Gasteiger charge is 2.20. The van der Waals surface area contributed by atoms with E-state index in [4.69, 9.17) is 14.2 Å². The molecule has 0 bridgehead atoms. The van der Waals surface area contributed by atoms with Crippen molar-refractivity contribution in [1.82, 2.24) is 9.88 Å². The molecule has 0 amide bonds. The van der Waals surface area contributed by atoms with Crippen molar-refractivity contribution in [3.8, 4) is 11.5 Å². The molecular weight excluding hydrogens is 346 g/mol. The summed E-state index contributed by atoms with van der Waals surface area (Å²) in [4.78, 5) is 8.95. The zero-order valence-corrected chi connectivity index (χ0v) is 15.3. The lowest BCUT2D eigenvalue weighted by molar-refractivity contribution is 0.00909. The molecule has 0 radical (unpaired) electrons.